The Bertz CT molecular complexity index is 694. The van der Waals surface area contributed by atoms with Gasteiger partial charge in [0.1, 0.15) is 4.32 Å². The van der Waals surface area contributed by atoms with E-state index in [9.17, 15) is 4.79 Å². The lowest BCUT2D eigenvalue weighted by Crippen LogP contribution is -2.45. The molecule has 0 radical (unpaired) electrons. The summed E-state index contributed by atoms with van der Waals surface area (Å²) in [5.74, 6) is 0.407. The number of nitrogens with one attached hydrogen (secondary N) is 1. The maximum absolute atomic E-state index is 11.8. The number of rotatable bonds is 1. The first kappa shape index (κ1) is 15.6. The van der Waals surface area contributed by atoms with E-state index < -0.39 is 0 Å². The van der Waals surface area contributed by atoms with Crippen LogP contribution < -0.4 is 10.2 Å². The number of carbonyl (C=O) groups excluding carboxylic acids is 1. The second-order valence-electron chi connectivity index (χ2n) is 6.65. The summed E-state index contributed by atoms with van der Waals surface area (Å²) in [6, 6.07) is 6.44. The molecule has 5 heteroatoms. The zero-order valence-electron chi connectivity index (χ0n) is 13.3. The Balaban J connectivity index is 1.98. The van der Waals surface area contributed by atoms with Crippen LogP contribution in [0.1, 0.15) is 44.2 Å². The first-order chi connectivity index (χ1) is 10.3. The average molecular weight is 332 g/mol. The van der Waals surface area contributed by atoms with Crippen molar-refractivity contribution in [1.29, 1.82) is 0 Å². The lowest BCUT2D eigenvalue weighted by Gasteiger charge is -2.45. The van der Waals surface area contributed by atoms with Crippen molar-refractivity contribution in [3.8, 4) is 0 Å². The number of nitrogens with zero attached hydrogens (tertiary/aromatic N) is 1. The van der Waals surface area contributed by atoms with Gasteiger partial charge >= 0.3 is 0 Å². The highest BCUT2D eigenvalue weighted by atomic mass is 32.2. The molecule has 0 aliphatic carbocycles. The van der Waals surface area contributed by atoms with Crippen LogP contribution in [-0.2, 0) is 4.79 Å². The number of amides is 1. The van der Waals surface area contributed by atoms with Crippen LogP contribution in [0.15, 0.2) is 23.1 Å². The normalized spacial score (nSPS) is 25.4. The third kappa shape index (κ3) is 2.68. The molecule has 0 saturated carbocycles. The average Bonchev–Trinajstić information content (AvgIpc) is 2.74. The van der Waals surface area contributed by atoms with Crippen molar-refractivity contribution in [2.24, 2.45) is 0 Å². The lowest BCUT2D eigenvalue weighted by atomic mass is 9.80. The highest BCUT2D eigenvalue weighted by Gasteiger charge is 2.34. The molecule has 2 aliphatic heterocycles. The van der Waals surface area contributed by atoms with Crippen LogP contribution >= 0.6 is 24.0 Å². The van der Waals surface area contributed by atoms with Crippen LogP contribution in [0.3, 0.4) is 0 Å². The van der Waals surface area contributed by atoms with Crippen LogP contribution in [0.5, 0.6) is 0 Å². The Morgan fingerprint density at radius 2 is 2.18 bits per heavy atom. The number of anilines is 1. The minimum absolute atomic E-state index is 0.0981. The van der Waals surface area contributed by atoms with E-state index in [0.717, 1.165) is 12.0 Å². The summed E-state index contributed by atoms with van der Waals surface area (Å²) in [6.45, 7) is 6.84. The van der Waals surface area contributed by atoms with E-state index in [-0.39, 0.29) is 11.4 Å². The van der Waals surface area contributed by atoms with E-state index in [2.05, 4.69) is 56.2 Å². The minimum Gasteiger partial charge on any atom is -0.369 e. The van der Waals surface area contributed by atoms with Crippen molar-refractivity contribution in [3.63, 3.8) is 0 Å². The number of thioether (sulfide) groups is 1. The fraction of sp³-hybridized carbons (Fsp3) is 0.412. The summed E-state index contributed by atoms with van der Waals surface area (Å²) in [5.41, 5.74) is 3.85. The van der Waals surface area contributed by atoms with Gasteiger partial charge in [0.05, 0.1) is 4.91 Å². The molecule has 1 fully saturated rings. The summed E-state index contributed by atoms with van der Waals surface area (Å²) in [5, 5.41) is 2.65. The fourth-order valence-corrected chi connectivity index (χ4v) is 4.30. The number of carbonyl (C=O) groups is 1. The maximum Gasteiger partial charge on any atom is 0.263 e. The van der Waals surface area contributed by atoms with Gasteiger partial charge in [-0.05, 0) is 55.5 Å². The molecule has 0 spiro atoms. The molecule has 1 aromatic carbocycles. The largest absolute Gasteiger partial charge is 0.369 e. The molecule has 3 nitrogen and oxygen atoms in total. The number of benzene rings is 1. The van der Waals surface area contributed by atoms with Crippen molar-refractivity contribution >= 4 is 46.0 Å². The Morgan fingerprint density at radius 1 is 1.45 bits per heavy atom. The Labute approximate surface area is 141 Å². The molecular weight excluding hydrogens is 312 g/mol. The smallest absolute Gasteiger partial charge is 0.263 e. The highest BCUT2D eigenvalue weighted by Crippen LogP contribution is 2.43. The van der Waals surface area contributed by atoms with Gasteiger partial charge in [-0.1, -0.05) is 37.0 Å². The standard InChI is InChI=1S/C17H20N2OS2/c1-10-9-17(2,3)19(4)13-6-5-11(7-12(10)13)8-14-15(20)18-16(21)22-14/h5-8,10H,9H2,1-4H3,(H,18,20,21)/b14-8-/t10-/m1/s1. The zero-order chi connectivity index (χ0) is 16.1. The van der Waals surface area contributed by atoms with Crippen LogP contribution in [0, 0.1) is 0 Å². The van der Waals surface area contributed by atoms with Gasteiger partial charge < -0.3 is 10.2 Å². The lowest BCUT2D eigenvalue weighted by molar-refractivity contribution is -0.115. The maximum atomic E-state index is 11.8. The number of fused-ring (bicyclic) bond motifs is 1. The zero-order valence-corrected chi connectivity index (χ0v) is 14.9. The quantitative estimate of drug-likeness (QED) is 0.624. The Kier molecular flexibility index (Phi) is 3.81. The van der Waals surface area contributed by atoms with Gasteiger partial charge in [-0.15, -0.1) is 0 Å². The van der Waals surface area contributed by atoms with Gasteiger partial charge in [-0.25, -0.2) is 0 Å². The van der Waals surface area contributed by atoms with Crippen molar-refractivity contribution in [1.82, 2.24) is 5.32 Å². The van der Waals surface area contributed by atoms with Crippen LogP contribution in [0.2, 0.25) is 0 Å². The van der Waals surface area contributed by atoms with Gasteiger partial charge in [0.25, 0.3) is 5.91 Å². The number of hydrogen-bond donors (Lipinski definition) is 1. The number of thiocarbonyl (C=S) groups is 1. The Hall–Kier alpha value is -1.33. The fourth-order valence-electron chi connectivity index (χ4n) is 3.26. The molecule has 1 aromatic rings. The SMILES string of the molecule is C[C@@H]1CC(C)(C)N(C)c2ccc(/C=C3\SC(=S)NC3=O)cc21. The molecule has 116 valence electrons. The van der Waals surface area contributed by atoms with Crippen LogP contribution in [0.25, 0.3) is 6.08 Å². The summed E-state index contributed by atoms with van der Waals surface area (Å²) in [4.78, 5) is 14.8. The van der Waals surface area contributed by atoms with E-state index >= 15 is 0 Å². The van der Waals surface area contributed by atoms with E-state index in [0.29, 0.717) is 15.1 Å². The van der Waals surface area contributed by atoms with Crippen molar-refractivity contribution in [2.75, 3.05) is 11.9 Å². The molecule has 1 saturated heterocycles. The van der Waals surface area contributed by atoms with Crippen molar-refractivity contribution in [2.45, 2.75) is 38.6 Å². The molecule has 1 atom stereocenters. The topological polar surface area (TPSA) is 32.3 Å². The summed E-state index contributed by atoms with van der Waals surface area (Å²) in [7, 11) is 2.15. The van der Waals surface area contributed by atoms with Gasteiger partial charge in [0.2, 0.25) is 0 Å². The van der Waals surface area contributed by atoms with Gasteiger partial charge in [-0.3, -0.25) is 4.79 Å². The third-order valence-corrected chi connectivity index (χ3v) is 5.76. The molecule has 2 heterocycles. The van der Waals surface area contributed by atoms with Gasteiger partial charge in [0, 0.05) is 18.3 Å². The molecule has 0 bridgehead atoms. The second-order valence-corrected chi connectivity index (χ2v) is 8.37. The molecule has 0 unspecified atom stereocenters. The molecule has 0 aromatic heterocycles. The van der Waals surface area contributed by atoms with Crippen molar-refractivity contribution < 1.29 is 4.79 Å². The summed E-state index contributed by atoms with van der Waals surface area (Å²) >= 11 is 6.36. The first-order valence-electron chi connectivity index (χ1n) is 7.40. The summed E-state index contributed by atoms with van der Waals surface area (Å²) in [6.07, 6.45) is 3.04. The molecule has 1 N–H and O–H groups in total. The van der Waals surface area contributed by atoms with Crippen LogP contribution in [0.4, 0.5) is 5.69 Å². The molecular formula is C17H20N2OS2. The molecule has 22 heavy (non-hydrogen) atoms. The molecule has 3 rings (SSSR count). The Morgan fingerprint density at radius 3 is 2.82 bits per heavy atom. The van der Waals surface area contributed by atoms with E-state index in [1.807, 2.05) is 6.08 Å². The number of hydrogen-bond acceptors (Lipinski definition) is 4. The second kappa shape index (κ2) is 5.39. The molecule has 1 amide bonds. The van der Waals surface area contributed by atoms with E-state index in [1.54, 1.807) is 0 Å². The first-order valence-corrected chi connectivity index (χ1v) is 8.63. The van der Waals surface area contributed by atoms with Gasteiger partial charge in [0.15, 0.2) is 0 Å². The van der Waals surface area contributed by atoms with Gasteiger partial charge in [-0.2, -0.15) is 0 Å². The minimum atomic E-state index is -0.0981. The third-order valence-electron chi connectivity index (χ3n) is 4.60. The van der Waals surface area contributed by atoms with Crippen LogP contribution in [-0.4, -0.2) is 22.8 Å². The predicted octanol–water partition coefficient (Wildman–Crippen LogP) is 3.90. The molecule has 2 aliphatic rings. The van der Waals surface area contributed by atoms with Crippen molar-refractivity contribution in [3.05, 3.63) is 34.2 Å². The summed E-state index contributed by atoms with van der Waals surface area (Å²) < 4.78 is 0.532. The monoisotopic (exact) mass is 332 g/mol. The van der Waals surface area contributed by atoms with E-state index in [4.69, 9.17) is 12.2 Å². The van der Waals surface area contributed by atoms with E-state index in [1.165, 1.54) is 23.0 Å². The predicted molar refractivity (Wildman–Crippen MR) is 98.3 cm³/mol. The highest BCUT2D eigenvalue weighted by molar-refractivity contribution is 8.26.